The topological polar surface area (TPSA) is 77.5 Å². The minimum absolute atomic E-state index is 0.292. The molecular formula is C21H20N2O4S. The molecule has 0 radical (unpaired) electrons. The summed E-state index contributed by atoms with van der Waals surface area (Å²) in [5.74, 6) is -0.165. The highest BCUT2D eigenvalue weighted by molar-refractivity contribution is 7.09. The maximum absolute atomic E-state index is 12.7. The summed E-state index contributed by atoms with van der Waals surface area (Å²) in [5.41, 5.74) is 3.07. The number of aryl methyl sites for hydroxylation is 2. The molecule has 0 aliphatic rings. The van der Waals surface area contributed by atoms with Crippen molar-refractivity contribution >= 4 is 28.9 Å². The van der Waals surface area contributed by atoms with Crippen molar-refractivity contribution in [2.45, 2.75) is 20.5 Å². The van der Waals surface area contributed by atoms with Crippen molar-refractivity contribution in [3.05, 3.63) is 75.2 Å². The van der Waals surface area contributed by atoms with Crippen LogP contribution in [0, 0.1) is 13.8 Å². The first-order valence-corrected chi connectivity index (χ1v) is 9.48. The van der Waals surface area contributed by atoms with Gasteiger partial charge in [0.15, 0.2) is 0 Å². The summed E-state index contributed by atoms with van der Waals surface area (Å²) >= 11 is 1.57. The molecule has 1 aromatic heterocycles. The van der Waals surface area contributed by atoms with Crippen molar-refractivity contribution in [2.75, 3.05) is 12.4 Å². The molecule has 1 amide bonds. The predicted octanol–water partition coefficient (Wildman–Crippen LogP) is 4.38. The Morgan fingerprint density at radius 2 is 1.93 bits per heavy atom. The molecule has 0 aliphatic carbocycles. The molecule has 28 heavy (non-hydrogen) atoms. The zero-order valence-corrected chi connectivity index (χ0v) is 16.6. The van der Waals surface area contributed by atoms with E-state index in [0.29, 0.717) is 29.2 Å². The molecule has 1 heterocycles. The number of thiazole rings is 1. The van der Waals surface area contributed by atoms with E-state index in [0.717, 1.165) is 16.3 Å². The van der Waals surface area contributed by atoms with Crippen LogP contribution in [0.2, 0.25) is 0 Å². The largest absolute Gasteiger partial charge is 0.487 e. The Bertz CT molecular complexity index is 1010. The molecule has 0 fully saturated rings. The van der Waals surface area contributed by atoms with E-state index in [1.54, 1.807) is 53.8 Å². The summed E-state index contributed by atoms with van der Waals surface area (Å²) in [7, 11) is 1.32. The van der Waals surface area contributed by atoms with Crippen LogP contribution in [0.15, 0.2) is 47.8 Å². The third kappa shape index (κ3) is 4.75. The smallest absolute Gasteiger partial charge is 0.337 e. The summed E-state index contributed by atoms with van der Waals surface area (Å²) in [6.45, 7) is 4.14. The molecule has 0 saturated heterocycles. The molecule has 1 N–H and O–H groups in total. The lowest BCUT2D eigenvalue weighted by molar-refractivity contribution is 0.0600. The number of amides is 1. The summed E-state index contributed by atoms with van der Waals surface area (Å²) in [4.78, 5) is 28.7. The van der Waals surface area contributed by atoms with Gasteiger partial charge in [0.1, 0.15) is 12.4 Å². The monoisotopic (exact) mass is 396 g/mol. The third-order valence-electron chi connectivity index (χ3n) is 4.06. The van der Waals surface area contributed by atoms with E-state index in [1.165, 1.54) is 7.11 Å². The van der Waals surface area contributed by atoms with Crippen LogP contribution in [0.25, 0.3) is 0 Å². The first-order chi connectivity index (χ1) is 13.5. The van der Waals surface area contributed by atoms with Gasteiger partial charge in [0.05, 0.1) is 23.4 Å². The second-order valence-electron chi connectivity index (χ2n) is 6.15. The van der Waals surface area contributed by atoms with E-state index >= 15 is 0 Å². The molecular weight excluding hydrogens is 376 g/mol. The summed E-state index contributed by atoms with van der Waals surface area (Å²) in [6, 6.07) is 11.9. The van der Waals surface area contributed by atoms with Crippen LogP contribution in [0.3, 0.4) is 0 Å². The van der Waals surface area contributed by atoms with E-state index in [4.69, 9.17) is 9.47 Å². The fraction of sp³-hybridized carbons (Fsp3) is 0.190. The molecule has 3 aromatic rings. The number of hydrogen-bond donors (Lipinski definition) is 1. The third-order valence-corrected chi connectivity index (χ3v) is 4.88. The average molecular weight is 396 g/mol. The molecule has 0 unspecified atom stereocenters. The predicted molar refractivity (Wildman–Crippen MR) is 108 cm³/mol. The van der Waals surface area contributed by atoms with E-state index in [-0.39, 0.29) is 5.91 Å². The number of carbonyl (C=O) groups excluding carboxylic acids is 2. The van der Waals surface area contributed by atoms with Gasteiger partial charge in [-0.3, -0.25) is 4.79 Å². The SMILES string of the molecule is COC(=O)c1ccc(C)c(NC(=O)c2cccc(OCc3csc(C)n3)c2)c1. The number of benzene rings is 2. The normalized spacial score (nSPS) is 10.4. The number of carbonyl (C=O) groups is 2. The van der Waals surface area contributed by atoms with E-state index in [9.17, 15) is 9.59 Å². The number of methoxy groups -OCH3 is 1. The molecule has 7 heteroatoms. The second kappa shape index (κ2) is 8.67. The van der Waals surface area contributed by atoms with Gasteiger partial charge in [-0.15, -0.1) is 11.3 Å². The zero-order valence-electron chi connectivity index (χ0n) is 15.8. The first-order valence-electron chi connectivity index (χ1n) is 8.60. The van der Waals surface area contributed by atoms with Crippen molar-refractivity contribution in [3.8, 4) is 5.75 Å². The van der Waals surface area contributed by atoms with E-state index in [1.807, 2.05) is 19.2 Å². The van der Waals surface area contributed by atoms with Gasteiger partial charge in [-0.25, -0.2) is 9.78 Å². The molecule has 2 aromatic carbocycles. The Kier molecular flexibility index (Phi) is 6.06. The van der Waals surface area contributed by atoms with Crippen LogP contribution < -0.4 is 10.1 Å². The Labute approximate surface area is 167 Å². The molecule has 0 saturated carbocycles. The van der Waals surface area contributed by atoms with Crippen LogP contribution in [0.4, 0.5) is 5.69 Å². The standard InChI is InChI=1S/C21H20N2O4S/c1-13-7-8-16(21(25)26-3)10-19(13)23-20(24)15-5-4-6-18(9-15)27-11-17-12-28-14(2)22-17/h4-10,12H,11H2,1-3H3,(H,23,24). The Morgan fingerprint density at radius 1 is 1.11 bits per heavy atom. The quantitative estimate of drug-likeness (QED) is 0.626. The first kappa shape index (κ1) is 19.6. The highest BCUT2D eigenvalue weighted by atomic mass is 32.1. The van der Waals surface area contributed by atoms with Crippen molar-refractivity contribution in [2.24, 2.45) is 0 Å². The maximum atomic E-state index is 12.7. The van der Waals surface area contributed by atoms with Crippen molar-refractivity contribution < 1.29 is 19.1 Å². The molecule has 0 spiro atoms. The Balaban J connectivity index is 1.71. The minimum Gasteiger partial charge on any atom is -0.487 e. The van der Waals surface area contributed by atoms with Gasteiger partial charge in [-0.1, -0.05) is 12.1 Å². The average Bonchev–Trinajstić information content (AvgIpc) is 3.13. The van der Waals surface area contributed by atoms with Gasteiger partial charge < -0.3 is 14.8 Å². The second-order valence-corrected chi connectivity index (χ2v) is 7.21. The van der Waals surface area contributed by atoms with Gasteiger partial charge in [0.2, 0.25) is 0 Å². The number of esters is 1. The lowest BCUT2D eigenvalue weighted by Gasteiger charge is -2.11. The fourth-order valence-electron chi connectivity index (χ4n) is 2.55. The Morgan fingerprint density at radius 3 is 2.64 bits per heavy atom. The van der Waals surface area contributed by atoms with Gasteiger partial charge in [-0.05, 0) is 49.7 Å². The van der Waals surface area contributed by atoms with Crippen LogP contribution in [-0.2, 0) is 11.3 Å². The summed E-state index contributed by atoms with van der Waals surface area (Å²) < 4.78 is 10.5. The number of rotatable bonds is 6. The van der Waals surface area contributed by atoms with Crippen LogP contribution >= 0.6 is 11.3 Å². The number of nitrogens with one attached hydrogen (secondary N) is 1. The number of hydrogen-bond acceptors (Lipinski definition) is 6. The van der Waals surface area contributed by atoms with E-state index in [2.05, 4.69) is 10.3 Å². The fourth-order valence-corrected chi connectivity index (χ4v) is 3.15. The van der Waals surface area contributed by atoms with Crippen LogP contribution in [0.1, 0.15) is 37.0 Å². The zero-order chi connectivity index (χ0) is 20.1. The number of ether oxygens (including phenoxy) is 2. The van der Waals surface area contributed by atoms with Gasteiger partial charge in [-0.2, -0.15) is 0 Å². The molecule has 0 aliphatic heterocycles. The highest BCUT2D eigenvalue weighted by Crippen LogP contribution is 2.21. The highest BCUT2D eigenvalue weighted by Gasteiger charge is 2.12. The van der Waals surface area contributed by atoms with Gasteiger partial charge >= 0.3 is 5.97 Å². The van der Waals surface area contributed by atoms with Crippen LogP contribution in [0.5, 0.6) is 5.75 Å². The molecule has 3 rings (SSSR count). The maximum Gasteiger partial charge on any atom is 0.337 e. The Hall–Kier alpha value is -3.19. The molecule has 6 nitrogen and oxygen atoms in total. The molecule has 144 valence electrons. The molecule has 0 bridgehead atoms. The lowest BCUT2D eigenvalue weighted by atomic mass is 10.1. The number of anilines is 1. The van der Waals surface area contributed by atoms with Gasteiger partial charge in [0.25, 0.3) is 5.91 Å². The van der Waals surface area contributed by atoms with Crippen molar-refractivity contribution in [3.63, 3.8) is 0 Å². The summed E-state index contributed by atoms with van der Waals surface area (Å²) in [5, 5.41) is 5.77. The lowest BCUT2D eigenvalue weighted by Crippen LogP contribution is -2.14. The van der Waals surface area contributed by atoms with Crippen molar-refractivity contribution in [1.82, 2.24) is 4.98 Å². The molecule has 0 atom stereocenters. The number of nitrogens with zero attached hydrogens (tertiary/aromatic N) is 1. The van der Waals surface area contributed by atoms with Gasteiger partial charge in [0, 0.05) is 16.6 Å². The van der Waals surface area contributed by atoms with E-state index < -0.39 is 5.97 Å². The number of aromatic nitrogens is 1. The van der Waals surface area contributed by atoms with Crippen molar-refractivity contribution in [1.29, 1.82) is 0 Å². The summed E-state index contributed by atoms with van der Waals surface area (Å²) in [6.07, 6.45) is 0. The minimum atomic E-state index is -0.455. The van der Waals surface area contributed by atoms with Crippen LogP contribution in [-0.4, -0.2) is 24.0 Å².